The van der Waals surface area contributed by atoms with Gasteiger partial charge < -0.3 is 5.73 Å². The first-order chi connectivity index (χ1) is 7.99. The summed E-state index contributed by atoms with van der Waals surface area (Å²) in [6, 6.07) is 4.18. The molecular weight excluding hydrogens is 247 g/mol. The van der Waals surface area contributed by atoms with Crippen LogP contribution in [0, 0.1) is 0 Å². The maximum atomic E-state index is 12.6. The summed E-state index contributed by atoms with van der Waals surface area (Å²) in [5.41, 5.74) is 4.90. The summed E-state index contributed by atoms with van der Waals surface area (Å²) in [5.74, 6) is 0.922. The highest BCUT2D eigenvalue weighted by Crippen LogP contribution is 2.34. The van der Waals surface area contributed by atoms with Gasteiger partial charge in [-0.3, -0.25) is 0 Å². The summed E-state index contributed by atoms with van der Waals surface area (Å²) in [7, 11) is 0. The lowest BCUT2D eigenvalue weighted by atomic mass is 10.1. The molecule has 0 spiro atoms. The van der Waals surface area contributed by atoms with E-state index in [2.05, 4.69) is 6.92 Å². The van der Waals surface area contributed by atoms with Crippen molar-refractivity contribution in [2.45, 2.75) is 37.4 Å². The molecule has 5 heteroatoms. The Morgan fingerprint density at radius 2 is 2.00 bits per heavy atom. The SMILES string of the molecule is CCCCSc1ccc(C(F)(F)F)c(CN)c1. The number of nitrogens with two attached hydrogens (primary N) is 1. The second kappa shape index (κ2) is 6.31. The number of alkyl halides is 3. The van der Waals surface area contributed by atoms with Gasteiger partial charge in [-0.15, -0.1) is 11.8 Å². The predicted octanol–water partition coefficient (Wildman–Crippen LogP) is 4.06. The lowest BCUT2D eigenvalue weighted by molar-refractivity contribution is -0.138. The van der Waals surface area contributed by atoms with Gasteiger partial charge in [-0.05, 0) is 35.9 Å². The molecule has 0 radical (unpaired) electrons. The first kappa shape index (κ1) is 14.4. The molecule has 0 amide bonds. The maximum Gasteiger partial charge on any atom is 0.416 e. The average molecular weight is 263 g/mol. The van der Waals surface area contributed by atoms with Crippen LogP contribution in [-0.4, -0.2) is 5.75 Å². The van der Waals surface area contributed by atoms with Crippen LogP contribution in [-0.2, 0) is 12.7 Å². The zero-order valence-corrected chi connectivity index (χ0v) is 10.5. The van der Waals surface area contributed by atoms with Gasteiger partial charge in [0.15, 0.2) is 0 Å². The molecule has 0 heterocycles. The first-order valence-electron chi connectivity index (χ1n) is 5.52. The monoisotopic (exact) mass is 263 g/mol. The predicted molar refractivity (Wildman–Crippen MR) is 65.0 cm³/mol. The Bertz CT molecular complexity index is 363. The standard InChI is InChI=1S/C12H16F3NS/c1-2-3-6-17-10-4-5-11(12(13,14)15)9(7-10)8-16/h4-5,7H,2-3,6,8,16H2,1H3. The Balaban J connectivity index is 2.85. The van der Waals surface area contributed by atoms with E-state index < -0.39 is 11.7 Å². The molecule has 0 atom stereocenters. The van der Waals surface area contributed by atoms with Gasteiger partial charge in [0.1, 0.15) is 0 Å². The zero-order chi connectivity index (χ0) is 12.9. The van der Waals surface area contributed by atoms with Crippen LogP contribution in [0.4, 0.5) is 13.2 Å². The van der Waals surface area contributed by atoms with Crippen LogP contribution in [0.3, 0.4) is 0 Å². The number of halogens is 3. The minimum absolute atomic E-state index is 0.0863. The molecule has 0 aliphatic rings. The second-order valence-corrected chi connectivity index (χ2v) is 4.89. The summed E-state index contributed by atoms with van der Waals surface area (Å²) in [6.07, 6.45) is -2.18. The van der Waals surface area contributed by atoms with Gasteiger partial charge in [-0.1, -0.05) is 13.3 Å². The molecule has 1 rings (SSSR count). The van der Waals surface area contributed by atoms with E-state index in [0.717, 1.165) is 29.6 Å². The molecule has 0 aromatic heterocycles. The van der Waals surface area contributed by atoms with Crippen LogP contribution in [0.1, 0.15) is 30.9 Å². The van der Waals surface area contributed by atoms with Crippen LogP contribution in [0.2, 0.25) is 0 Å². The molecule has 0 saturated carbocycles. The fourth-order valence-corrected chi connectivity index (χ4v) is 2.50. The average Bonchev–Trinajstić information content (AvgIpc) is 2.28. The number of benzene rings is 1. The minimum Gasteiger partial charge on any atom is -0.326 e. The molecular formula is C12H16F3NS. The molecule has 0 aliphatic carbocycles. The van der Waals surface area contributed by atoms with Crippen molar-refractivity contribution in [1.82, 2.24) is 0 Å². The van der Waals surface area contributed by atoms with Gasteiger partial charge in [0.2, 0.25) is 0 Å². The van der Waals surface area contributed by atoms with Crippen LogP contribution >= 0.6 is 11.8 Å². The Morgan fingerprint density at radius 1 is 1.29 bits per heavy atom. The van der Waals surface area contributed by atoms with Gasteiger partial charge in [0.05, 0.1) is 5.56 Å². The van der Waals surface area contributed by atoms with Crippen LogP contribution in [0.5, 0.6) is 0 Å². The highest BCUT2D eigenvalue weighted by molar-refractivity contribution is 7.99. The lowest BCUT2D eigenvalue weighted by Crippen LogP contribution is -2.11. The summed E-state index contributed by atoms with van der Waals surface area (Å²) in [6.45, 7) is 2.00. The molecule has 1 aromatic carbocycles. The normalized spacial score (nSPS) is 11.8. The van der Waals surface area contributed by atoms with Crippen molar-refractivity contribution in [3.8, 4) is 0 Å². The fourth-order valence-electron chi connectivity index (χ4n) is 1.44. The van der Waals surface area contributed by atoms with Crippen molar-refractivity contribution in [3.05, 3.63) is 29.3 Å². The van der Waals surface area contributed by atoms with E-state index in [1.807, 2.05) is 0 Å². The van der Waals surface area contributed by atoms with Gasteiger partial charge >= 0.3 is 6.18 Å². The third kappa shape index (κ3) is 4.24. The molecule has 0 fully saturated rings. The van der Waals surface area contributed by atoms with Crippen LogP contribution < -0.4 is 5.73 Å². The van der Waals surface area contributed by atoms with E-state index >= 15 is 0 Å². The van der Waals surface area contributed by atoms with E-state index in [9.17, 15) is 13.2 Å². The number of unbranched alkanes of at least 4 members (excludes halogenated alkanes) is 1. The van der Waals surface area contributed by atoms with Gasteiger partial charge in [0.25, 0.3) is 0 Å². The summed E-state index contributed by atoms with van der Waals surface area (Å²) in [5, 5.41) is 0. The van der Waals surface area contributed by atoms with E-state index in [-0.39, 0.29) is 12.1 Å². The van der Waals surface area contributed by atoms with E-state index in [1.54, 1.807) is 17.8 Å². The maximum absolute atomic E-state index is 12.6. The fraction of sp³-hybridized carbons (Fsp3) is 0.500. The Kier molecular flexibility index (Phi) is 5.33. The largest absolute Gasteiger partial charge is 0.416 e. The number of hydrogen-bond acceptors (Lipinski definition) is 2. The Labute approximate surface area is 104 Å². The summed E-state index contributed by atoms with van der Waals surface area (Å²) >= 11 is 1.57. The quantitative estimate of drug-likeness (QED) is 0.640. The Hall–Kier alpha value is -0.680. The van der Waals surface area contributed by atoms with Gasteiger partial charge in [-0.2, -0.15) is 13.2 Å². The lowest BCUT2D eigenvalue weighted by Gasteiger charge is -2.12. The van der Waals surface area contributed by atoms with Crippen molar-refractivity contribution < 1.29 is 13.2 Å². The van der Waals surface area contributed by atoms with Crippen molar-refractivity contribution in [2.24, 2.45) is 5.73 Å². The topological polar surface area (TPSA) is 26.0 Å². The minimum atomic E-state index is -4.32. The highest BCUT2D eigenvalue weighted by atomic mass is 32.2. The number of rotatable bonds is 5. The molecule has 1 nitrogen and oxygen atoms in total. The van der Waals surface area contributed by atoms with Crippen molar-refractivity contribution in [2.75, 3.05) is 5.75 Å². The third-order valence-electron chi connectivity index (χ3n) is 2.37. The van der Waals surface area contributed by atoms with Crippen LogP contribution in [0.25, 0.3) is 0 Å². The molecule has 2 N–H and O–H groups in total. The highest BCUT2D eigenvalue weighted by Gasteiger charge is 2.32. The Morgan fingerprint density at radius 3 is 2.53 bits per heavy atom. The van der Waals surface area contributed by atoms with Crippen molar-refractivity contribution in [1.29, 1.82) is 0 Å². The summed E-state index contributed by atoms with van der Waals surface area (Å²) < 4.78 is 37.8. The zero-order valence-electron chi connectivity index (χ0n) is 9.68. The van der Waals surface area contributed by atoms with E-state index in [0.29, 0.717) is 0 Å². The van der Waals surface area contributed by atoms with Crippen molar-refractivity contribution in [3.63, 3.8) is 0 Å². The van der Waals surface area contributed by atoms with Gasteiger partial charge in [-0.25, -0.2) is 0 Å². The molecule has 0 saturated heterocycles. The van der Waals surface area contributed by atoms with Crippen LogP contribution in [0.15, 0.2) is 23.1 Å². The molecule has 0 bridgehead atoms. The number of hydrogen-bond donors (Lipinski definition) is 1. The molecule has 0 unspecified atom stereocenters. The molecule has 17 heavy (non-hydrogen) atoms. The molecule has 0 aliphatic heterocycles. The van der Waals surface area contributed by atoms with E-state index in [4.69, 9.17) is 5.73 Å². The third-order valence-corrected chi connectivity index (χ3v) is 3.45. The van der Waals surface area contributed by atoms with Gasteiger partial charge in [0, 0.05) is 11.4 Å². The van der Waals surface area contributed by atoms with Crippen molar-refractivity contribution >= 4 is 11.8 Å². The number of thioether (sulfide) groups is 1. The molecule has 96 valence electrons. The summed E-state index contributed by atoms with van der Waals surface area (Å²) in [4.78, 5) is 0.854. The van der Waals surface area contributed by atoms with E-state index in [1.165, 1.54) is 6.07 Å². The first-order valence-corrected chi connectivity index (χ1v) is 6.50. The molecule has 1 aromatic rings. The smallest absolute Gasteiger partial charge is 0.326 e. The second-order valence-electron chi connectivity index (χ2n) is 3.72.